The van der Waals surface area contributed by atoms with E-state index in [9.17, 15) is 8.42 Å². The van der Waals surface area contributed by atoms with Crippen molar-refractivity contribution >= 4 is 38.3 Å². The van der Waals surface area contributed by atoms with Gasteiger partial charge in [-0.3, -0.25) is 4.72 Å². The maximum atomic E-state index is 12.5. The van der Waals surface area contributed by atoms with Gasteiger partial charge in [-0.2, -0.15) is 5.10 Å². The van der Waals surface area contributed by atoms with Crippen molar-refractivity contribution in [2.75, 3.05) is 4.72 Å². The first-order valence-corrected chi connectivity index (χ1v) is 9.16. The molecule has 25 heavy (non-hydrogen) atoms. The molecule has 7 nitrogen and oxygen atoms in total. The molecule has 126 valence electrons. The SMILES string of the molecule is O=S(=O)(Nc1cc2nc(-n3cccn3)[nH]c2cc1Cl)c1ccccc1. The highest BCUT2D eigenvalue weighted by Crippen LogP contribution is 2.29. The van der Waals surface area contributed by atoms with Crippen LogP contribution >= 0.6 is 11.6 Å². The number of fused-ring (bicyclic) bond motifs is 1. The zero-order valence-corrected chi connectivity index (χ0v) is 14.3. The highest BCUT2D eigenvalue weighted by atomic mass is 35.5. The molecule has 4 aromatic rings. The Balaban J connectivity index is 1.74. The van der Waals surface area contributed by atoms with Crippen LogP contribution < -0.4 is 4.72 Å². The molecule has 0 aliphatic heterocycles. The van der Waals surface area contributed by atoms with Crippen LogP contribution in [0.5, 0.6) is 0 Å². The van der Waals surface area contributed by atoms with Gasteiger partial charge in [0.15, 0.2) is 0 Å². The minimum atomic E-state index is -3.73. The lowest BCUT2D eigenvalue weighted by atomic mass is 10.3. The molecular weight excluding hydrogens is 362 g/mol. The Morgan fingerprint density at radius 1 is 1.12 bits per heavy atom. The Hall–Kier alpha value is -2.84. The Morgan fingerprint density at radius 2 is 1.92 bits per heavy atom. The zero-order chi connectivity index (χ0) is 17.4. The quantitative estimate of drug-likeness (QED) is 0.574. The normalized spacial score (nSPS) is 11.7. The smallest absolute Gasteiger partial charge is 0.261 e. The number of halogens is 1. The summed E-state index contributed by atoms with van der Waals surface area (Å²) in [6.07, 6.45) is 3.39. The van der Waals surface area contributed by atoms with Gasteiger partial charge in [-0.1, -0.05) is 29.8 Å². The lowest BCUT2D eigenvalue weighted by molar-refractivity contribution is 0.601. The second-order valence-corrected chi connectivity index (χ2v) is 7.37. The predicted octanol–water partition coefficient (Wildman–Crippen LogP) is 3.20. The summed E-state index contributed by atoms with van der Waals surface area (Å²) in [5.74, 6) is 0.513. The van der Waals surface area contributed by atoms with Gasteiger partial charge in [-0.25, -0.2) is 18.1 Å². The first-order valence-electron chi connectivity index (χ1n) is 7.30. The first-order chi connectivity index (χ1) is 12.0. The van der Waals surface area contributed by atoms with Gasteiger partial charge < -0.3 is 4.98 Å². The fourth-order valence-corrected chi connectivity index (χ4v) is 3.76. The largest absolute Gasteiger partial charge is 0.322 e. The molecule has 0 saturated carbocycles. The lowest BCUT2D eigenvalue weighted by Crippen LogP contribution is -2.13. The van der Waals surface area contributed by atoms with Gasteiger partial charge in [0.1, 0.15) is 0 Å². The molecule has 0 saturated heterocycles. The maximum absolute atomic E-state index is 12.5. The Kier molecular flexibility index (Phi) is 3.70. The van der Waals surface area contributed by atoms with Crippen LogP contribution in [0, 0.1) is 0 Å². The average molecular weight is 374 g/mol. The van der Waals surface area contributed by atoms with Crippen LogP contribution in [0.3, 0.4) is 0 Å². The zero-order valence-electron chi connectivity index (χ0n) is 12.7. The number of nitrogens with zero attached hydrogens (tertiary/aromatic N) is 3. The first kappa shape index (κ1) is 15.7. The fourth-order valence-electron chi connectivity index (χ4n) is 2.40. The van der Waals surface area contributed by atoms with E-state index in [0.717, 1.165) is 0 Å². The van der Waals surface area contributed by atoms with Crippen molar-refractivity contribution in [2.45, 2.75) is 4.90 Å². The molecule has 2 aromatic carbocycles. The second-order valence-electron chi connectivity index (χ2n) is 5.28. The number of aromatic nitrogens is 4. The highest BCUT2D eigenvalue weighted by Gasteiger charge is 2.17. The number of hydrogen-bond donors (Lipinski definition) is 2. The van der Waals surface area contributed by atoms with E-state index in [0.29, 0.717) is 17.0 Å². The molecule has 0 amide bonds. The van der Waals surface area contributed by atoms with E-state index in [-0.39, 0.29) is 15.6 Å². The minimum absolute atomic E-state index is 0.158. The molecule has 2 N–H and O–H groups in total. The Bertz CT molecular complexity index is 1140. The number of imidazole rings is 1. The van der Waals surface area contributed by atoms with E-state index in [4.69, 9.17) is 11.6 Å². The molecule has 2 aromatic heterocycles. The number of rotatable bonds is 4. The van der Waals surface area contributed by atoms with Gasteiger partial charge in [0.05, 0.1) is 26.6 Å². The fraction of sp³-hybridized carbons (Fsp3) is 0. The molecule has 0 aliphatic carbocycles. The van der Waals surface area contributed by atoms with Crippen LogP contribution in [-0.4, -0.2) is 28.2 Å². The third kappa shape index (κ3) is 2.97. The van der Waals surface area contributed by atoms with E-state index in [2.05, 4.69) is 19.8 Å². The summed E-state index contributed by atoms with van der Waals surface area (Å²) >= 11 is 6.23. The molecule has 0 spiro atoms. The van der Waals surface area contributed by atoms with E-state index in [1.165, 1.54) is 12.1 Å². The summed E-state index contributed by atoms with van der Waals surface area (Å²) in [5.41, 5.74) is 1.51. The van der Waals surface area contributed by atoms with Gasteiger partial charge in [0, 0.05) is 12.4 Å². The molecule has 9 heteroatoms. The molecule has 0 unspecified atom stereocenters. The summed E-state index contributed by atoms with van der Waals surface area (Å²) in [6, 6.07) is 13.1. The minimum Gasteiger partial charge on any atom is -0.322 e. The summed E-state index contributed by atoms with van der Waals surface area (Å²) in [7, 11) is -3.73. The monoisotopic (exact) mass is 373 g/mol. The third-order valence-corrected chi connectivity index (χ3v) is 5.27. The number of nitrogens with one attached hydrogen (secondary N) is 2. The van der Waals surface area contributed by atoms with Gasteiger partial charge in [0.2, 0.25) is 5.95 Å². The standard InChI is InChI=1S/C16H12ClN5O2S/c17-12-9-14-15(20-16(19-14)22-8-4-7-18-22)10-13(12)21-25(23,24)11-5-2-1-3-6-11/h1-10,21H,(H,19,20). The van der Waals surface area contributed by atoms with Crippen LogP contribution in [0.1, 0.15) is 0 Å². The van der Waals surface area contributed by atoms with E-state index < -0.39 is 10.0 Å². The van der Waals surface area contributed by atoms with Crippen molar-refractivity contribution in [3.05, 3.63) is 65.9 Å². The summed E-state index contributed by atoms with van der Waals surface area (Å²) in [6.45, 7) is 0. The van der Waals surface area contributed by atoms with Crippen LogP contribution in [0.4, 0.5) is 5.69 Å². The molecule has 0 aliphatic rings. The third-order valence-electron chi connectivity index (χ3n) is 3.58. The average Bonchev–Trinajstić information content (AvgIpc) is 3.25. The predicted molar refractivity (Wildman–Crippen MR) is 95.5 cm³/mol. The van der Waals surface area contributed by atoms with Crippen LogP contribution in [0.15, 0.2) is 65.8 Å². The molecule has 0 bridgehead atoms. The van der Waals surface area contributed by atoms with E-state index in [1.54, 1.807) is 53.5 Å². The summed E-state index contributed by atoms with van der Waals surface area (Å²) in [5, 5.41) is 4.37. The van der Waals surface area contributed by atoms with Crippen LogP contribution in [0.25, 0.3) is 17.0 Å². The number of hydrogen-bond acceptors (Lipinski definition) is 4. The number of aromatic amines is 1. The van der Waals surface area contributed by atoms with Crippen molar-refractivity contribution in [1.82, 2.24) is 19.7 Å². The summed E-state index contributed by atoms with van der Waals surface area (Å²) in [4.78, 5) is 7.66. The van der Waals surface area contributed by atoms with Crippen LogP contribution in [-0.2, 0) is 10.0 Å². The molecule has 4 rings (SSSR count). The number of H-pyrrole nitrogens is 1. The molecule has 0 atom stereocenters. The maximum Gasteiger partial charge on any atom is 0.261 e. The molecule has 0 radical (unpaired) electrons. The van der Waals surface area contributed by atoms with E-state index in [1.807, 2.05) is 0 Å². The van der Waals surface area contributed by atoms with Crippen LogP contribution in [0.2, 0.25) is 5.02 Å². The van der Waals surface area contributed by atoms with Gasteiger partial charge >= 0.3 is 0 Å². The van der Waals surface area contributed by atoms with E-state index >= 15 is 0 Å². The number of benzene rings is 2. The Labute approximate surface area is 148 Å². The van der Waals surface area contributed by atoms with Crippen molar-refractivity contribution in [3.63, 3.8) is 0 Å². The topological polar surface area (TPSA) is 92.7 Å². The van der Waals surface area contributed by atoms with Crippen molar-refractivity contribution < 1.29 is 8.42 Å². The van der Waals surface area contributed by atoms with Gasteiger partial charge in [-0.05, 0) is 30.3 Å². The lowest BCUT2D eigenvalue weighted by Gasteiger charge is -2.09. The molecular formula is C16H12ClN5O2S. The molecule has 0 fully saturated rings. The highest BCUT2D eigenvalue weighted by molar-refractivity contribution is 7.92. The number of anilines is 1. The van der Waals surface area contributed by atoms with Gasteiger partial charge in [-0.15, -0.1) is 0 Å². The summed E-state index contributed by atoms with van der Waals surface area (Å²) < 4.78 is 29.0. The van der Waals surface area contributed by atoms with Crippen molar-refractivity contribution in [3.8, 4) is 5.95 Å². The number of sulfonamides is 1. The van der Waals surface area contributed by atoms with Crippen molar-refractivity contribution in [1.29, 1.82) is 0 Å². The van der Waals surface area contributed by atoms with Crippen molar-refractivity contribution in [2.24, 2.45) is 0 Å². The molecule has 2 heterocycles. The Morgan fingerprint density at radius 3 is 2.64 bits per heavy atom. The van der Waals surface area contributed by atoms with Gasteiger partial charge in [0.25, 0.3) is 10.0 Å². The second kappa shape index (κ2) is 5.91.